The molecule has 2 aromatic rings. The number of ether oxygens (including phenoxy) is 1. The fraction of sp³-hybridized carbons (Fsp3) is 0.333. The molecule has 2 heterocycles. The monoisotopic (exact) mass is 247 g/mol. The molecule has 0 fully saturated rings. The van der Waals surface area contributed by atoms with Crippen LogP contribution in [0.15, 0.2) is 24.3 Å². The highest BCUT2D eigenvalue weighted by Crippen LogP contribution is 2.37. The molecule has 1 atom stereocenters. The molecule has 3 rings (SSSR count). The molecule has 1 aromatic carbocycles. The Morgan fingerprint density at radius 3 is 3.06 bits per heavy atom. The van der Waals surface area contributed by atoms with E-state index in [-0.39, 0.29) is 6.10 Å². The van der Waals surface area contributed by atoms with Gasteiger partial charge in [0.25, 0.3) is 0 Å². The van der Waals surface area contributed by atoms with Gasteiger partial charge >= 0.3 is 0 Å². The first-order chi connectivity index (χ1) is 8.36. The summed E-state index contributed by atoms with van der Waals surface area (Å²) in [6, 6.07) is 8.11. The average molecular weight is 247 g/mol. The lowest BCUT2D eigenvalue weighted by Crippen LogP contribution is -2.02. The molecule has 1 unspecified atom stereocenters. The first-order valence-corrected chi connectivity index (χ1v) is 6.45. The van der Waals surface area contributed by atoms with Gasteiger partial charge in [0.2, 0.25) is 0 Å². The lowest BCUT2D eigenvalue weighted by Gasteiger charge is -2.05. The summed E-state index contributed by atoms with van der Waals surface area (Å²) >= 11 is 1.60. The van der Waals surface area contributed by atoms with E-state index < -0.39 is 0 Å². The van der Waals surface area contributed by atoms with Crippen LogP contribution >= 0.6 is 11.3 Å². The predicted molar refractivity (Wildman–Crippen MR) is 66.2 cm³/mol. The molecular weight excluding hydrogens is 234 g/mol. The van der Waals surface area contributed by atoms with Crippen molar-refractivity contribution in [2.45, 2.75) is 18.9 Å². The second kappa shape index (κ2) is 4.43. The van der Waals surface area contributed by atoms with Gasteiger partial charge in [-0.25, -0.2) is 0 Å². The SMILES string of the molecule is NCCc1nnc(C2Cc3ccccc3O2)s1. The molecule has 88 valence electrons. The lowest BCUT2D eigenvalue weighted by molar-refractivity contribution is 0.237. The van der Waals surface area contributed by atoms with Gasteiger partial charge in [-0.3, -0.25) is 0 Å². The maximum atomic E-state index is 5.86. The topological polar surface area (TPSA) is 61.0 Å². The minimum atomic E-state index is 0.0245. The molecule has 0 amide bonds. The van der Waals surface area contributed by atoms with E-state index in [1.54, 1.807) is 11.3 Å². The first-order valence-electron chi connectivity index (χ1n) is 5.63. The fourth-order valence-electron chi connectivity index (χ4n) is 1.94. The molecule has 0 saturated carbocycles. The molecule has 0 saturated heterocycles. The van der Waals surface area contributed by atoms with Crippen LogP contribution < -0.4 is 10.5 Å². The predicted octanol–water partition coefficient (Wildman–Crippen LogP) is 1.72. The van der Waals surface area contributed by atoms with Gasteiger partial charge in [0.1, 0.15) is 10.8 Å². The largest absolute Gasteiger partial charge is 0.483 e. The zero-order valence-electron chi connectivity index (χ0n) is 9.30. The van der Waals surface area contributed by atoms with Crippen molar-refractivity contribution in [3.05, 3.63) is 39.8 Å². The summed E-state index contributed by atoms with van der Waals surface area (Å²) < 4.78 is 5.86. The maximum absolute atomic E-state index is 5.86. The number of rotatable bonds is 3. The van der Waals surface area contributed by atoms with E-state index in [1.165, 1.54) is 5.56 Å². The van der Waals surface area contributed by atoms with Crippen LogP contribution in [0, 0.1) is 0 Å². The Morgan fingerprint density at radius 1 is 1.35 bits per heavy atom. The Morgan fingerprint density at radius 2 is 2.24 bits per heavy atom. The van der Waals surface area contributed by atoms with Gasteiger partial charge in [-0.05, 0) is 18.2 Å². The van der Waals surface area contributed by atoms with Crippen LogP contribution in [0.5, 0.6) is 5.75 Å². The molecule has 17 heavy (non-hydrogen) atoms. The zero-order chi connectivity index (χ0) is 11.7. The third-order valence-electron chi connectivity index (χ3n) is 2.76. The summed E-state index contributed by atoms with van der Waals surface area (Å²) in [5, 5.41) is 10.2. The van der Waals surface area contributed by atoms with Gasteiger partial charge in [0, 0.05) is 12.8 Å². The molecule has 4 nitrogen and oxygen atoms in total. The van der Waals surface area contributed by atoms with Gasteiger partial charge in [0.05, 0.1) is 0 Å². The van der Waals surface area contributed by atoms with E-state index in [4.69, 9.17) is 10.5 Å². The molecule has 0 aliphatic carbocycles. The van der Waals surface area contributed by atoms with Crippen LogP contribution in [-0.2, 0) is 12.8 Å². The second-order valence-electron chi connectivity index (χ2n) is 3.99. The Balaban J connectivity index is 1.79. The van der Waals surface area contributed by atoms with E-state index in [2.05, 4.69) is 16.3 Å². The summed E-state index contributed by atoms with van der Waals surface area (Å²) in [5.74, 6) is 0.966. The molecule has 0 spiro atoms. The van der Waals surface area contributed by atoms with Crippen LogP contribution in [0.2, 0.25) is 0 Å². The van der Waals surface area contributed by atoms with Gasteiger partial charge in [-0.2, -0.15) is 0 Å². The third-order valence-corrected chi connectivity index (χ3v) is 3.84. The van der Waals surface area contributed by atoms with Gasteiger partial charge in [-0.15, -0.1) is 10.2 Å². The van der Waals surface area contributed by atoms with E-state index in [0.29, 0.717) is 6.54 Å². The fourth-order valence-corrected chi connectivity index (χ4v) is 2.83. The smallest absolute Gasteiger partial charge is 0.158 e. The summed E-state index contributed by atoms with van der Waals surface area (Å²) in [5.41, 5.74) is 6.74. The van der Waals surface area contributed by atoms with Crippen molar-refractivity contribution in [1.82, 2.24) is 10.2 Å². The number of nitrogens with two attached hydrogens (primary N) is 1. The number of hydrogen-bond acceptors (Lipinski definition) is 5. The highest BCUT2D eigenvalue weighted by molar-refractivity contribution is 7.11. The summed E-state index contributed by atoms with van der Waals surface area (Å²) in [4.78, 5) is 0. The van der Waals surface area contributed by atoms with Crippen LogP contribution in [0.1, 0.15) is 21.7 Å². The number of aromatic nitrogens is 2. The summed E-state index contributed by atoms with van der Waals surface area (Å²) in [7, 11) is 0. The van der Waals surface area contributed by atoms with E-state index in [1.807, 2.05) is 18.2 Å². The van der Waals surface area contributed by atoms with Crippen molar-refractivity contribution in [1.29, 1.82) is 0 Å². The number of fused-ring (bicyclic) bond motifs is 1. The van der Waals surface area contributed by atoms with Crippen molar-refractivity contribution in [2.75, 3.05) is 6.54 Å². The molecular formula is C12H13N3OS. The average Bonchev–Trinajstić information content (AvgIpc) is 2.94. The number of hydrogen-bond donors (Lipinski definition) is 1. The van der Waals surface area contributed by atoms with Crippen molar-refractivity contribution in [3.63, 3.8) is 0 Å². The Hall–Kier alpha value is -1.46. The highest BCUT2D eigenvalue weighted by Gasteiger charge is 2.26. The van der Waals surface area contributed by atoms with Crippen LogP contribution in [-0.4, -0.2) is 16.7 Å². The Bertz CT molecular complexity index is 501. The first kappa shape index (κ1) is 10.7. The van der Waals surface area contributed by atoms with Crippen molar-refractivity contribution >= 4 is 11.3 Å². The highest BCUT2D eigenvalue weighted by atomic mass is 32.1. The van der Waals surface area contributed by atoms with Crippen molar-refractivity contribution in [2.24, 2.45) is 5.73 Å². The standard InChI is InChI=1S/C12H13N3OS/c13-6-5-11-14-15-12(17-11)10-7-8-3-1-2-4-9(8)16-10/h1-4,10H,5-7,13H2. The minimum absolute atomic E-state index is 0.0245. The number of benzene rings is 1. The number of para-hydroxylation sites is 1. The van der Waals surface area contributed by atoms with E-state index in [0.717, 1.165) is 28.6 Å². The molecule has 1 aliphatic heterocycles. The van der Waals surface area contributed by atoms with Gasteiger partial charge in [-0.1, -0.05) is 29.5 Å². The van der Waals surface area contributed by atoms with E-state index >= 15 is 0 Å². The summed E-state index contributed by atoms with van der Waals surface area (Å²) in [6.45, 7) is 0.611. The van der Waals surface area contributed by atoms with Crippen LogP contribution in [0.4, 0.5) is 0 Å². The normalized spacial score (nSPS) is 17.8. The minimum Gasteiger partial charge on any atom is -0.483 e. The molecule has 1 aliphatic rings. The summed E-state index contributed by atoms with van der Waals surface area (Å²) in [6.07, 6.45) is 1.70. The van der Waals surface area contributed by atoms with Crippen molar-refractivity contribution < 1.29 is 4.74 Å². The maximum Gasteiger partial charge on any atom is 0.158 e. The van der Waals surface area contributed by atoms with Gasteiger partial charge in [0.15, 0.2) is 11.1 Å². The van der Waals surface area contributed by atoms with Crippen molar-refractivity contribution in [3.8, 4) is 5.75 Å². The second-order valence-corrected chi connectivity index (χ2v) is 5.08. The molecule has 0 radical (unpaired) electrons. The zero-order valence-corrected chi connectivity index (χ0v) is 10.1. The quantitative estimate of drug-likeness (QED) is 0.897. The number of nitrogens with zero attached hydrogens (tertiary/aromatic N) is 2. The molecule has 1 aromatic heterocycles. The molecule has 5 heteroatoms. The molecule has 0 bridgehead atoms. The van der Waals surface area contributed by atoms with E-state index in [9.17, 15) is 0 Å². The lowest BCUT2D eigenvalue weighted by atomic mass is 10.1. The third kappa shape index (κ3) is 2.03. The Kier molecular flexibility index (Phi) is 2.78. The molecule has 2 N–H and O–H groups in total. The van der Waals surface area contributed by atoms with Crippen LogP contribution in [0.3, 0.4) is 0 Å². The Labute approximate surface area is 103 Å². The van der Waals surface area contributed by atoms with Crippen LogP contribution in [0.25, 0.3) is 0 Å². The van der Waals surface area contributed by atoms with Gasteiger partial charge < -0.3 is 10.5 Å².